The second-order valence-corrected chi connectivity index (χ2v) is 5.11. The Morgan fingerprint density at radius 2 is 1.81 bits per heavy atom. The highest BCUT2D eigenvalue weighted by Crippen LogP contribution is 2.10. The fourth-order valence-corrected chi connectivity index (χ4v) is 2.17. The van der Waals surface area contributed by atoms with Gasteiger partial charge in [-0.15, -0.1) is 0 Å². The van der Waals surface area contributed by atoms with E-state index in [1.54, 1.807) is 0 Å². The van der Waals surface area contributed by atoms with Crippen molar-refractivity contribution in [2.45, 2.75) is 39.7 Å². The lowest BCUT2D eigenvalue weighted by molar-refractivity contribution is 0.109. The predicted molar refractivity (Wildman–Crippen MR) is 67.2 cm³/mol. The molecule has 1 unspecified atom stereocenters. The van der Waals surface area contributed by atoms with Crippen LogP contribution in [0.3, 0.4) is 0 Å². The first-order chi connectivity index (χ1) is 7.67. The van der Waals surface area contributed by atoms with Crippen LogP contribution in [-0.2, 0) is 0 Å². The minimum absolute atomic E-state index is 0.132. The molecule has 0 aliphatic carbocycles. The minimum atomic E-state index is 0.132. The molecule has 1 aliphatic rings. The van der Waals surface area contributed by atoms with Gasteiger partial charge in [-0.25, -0.2) is 0 Å². The van der Waals surface area contributed by atoms with Gasteiger partial charge in [-0.2, -0.15) is 5.26 Å². The molecular weight excluding hydrogens is 198 g/mol. The van der Waals surface area contributed by atoms with Crippen LogP contribution in [0.4, 0.5) is 0 Å². The average molecular weight is 223 g/mol. The average Bonchev–Trinajstić information content (AvgIpc) is 2.29. The summed E-state index contributed by atoms with van der Waals surface area (Å²) in [4.78, 5) is 4.85. The zero-order valence-electron chi connectivity index (χ0n) is 10.9. The van der Waals surface area contributed by atoms with Gasteiger partial charge in [0.15, 0.2) is 0 Å². The molecule has 0 aromatic rings. The first kappa shape index (κ1) is 13.5. The number of nitriles is 1. The molecule has 0 N–H and O–H groups in total. The molecule has 1 saturated heterocycles. The van der Waals surface area contributed by atoms with Crippen LogP contribution in [0.15, 0.2) is 0 Å². The van der Waals surface area contributed by atoms with Crippen molar-refractivity contribution >= 4 is 0 Å². The van der Waals surface area contributed by atoms with Gasteiger partial charge in [0.1, 0.15) is 0 Å². The van der Waals surface area contributed by atoms with E-state index in [4.69, 9.17) is 5.26 Å². The number of rotatable bonds is 5. The molecule has 0 aromatic carbocycles. The van der Waals surface area contributed by atoms with Crippen LogP contribution in [0.5, 0.6) is 0 Å². The Morgan fingerprint density at radius 1 is 1.19 bits per heavy atom. The quantitative estimate of drug-likeness (QED) is 0.713. The number of nitrogens with zero attached hydrogens (tertiary/aromatic N) is 3. The van der Waals surface area contributed by atoms with E-state index in [2.05, 4.69) is 36.6 Å². The van der Waals surface area contributed by atoms with Gasteiger partial charge >= 0.3 is 0 Å². The lowest BCUT2D eigenvalue weighted by Crippen LogP contribution is -2.50. The van der Waals surface area contributed by atoms with Crippen molar-refractivity contribution in [1.82, 2.24) is 9.80 Å². The van der Waals surface area contributed by atoms with E-state index < -0.39 is 0 Å². The fraction of sp³-hybridized carbons (Fsp3) is 0.923. The zero-order valence-corrected chi connectivity index (χ0v) is 10.9. The van der Waals surface area contributed by atoms with E-state index in [0.717, 1.165) is 38.5 Å². The van der Waals surface area contributed by atoms with E-state index in [0.29, 0.717) is 0 Å². The molecule has 16 heavy (non-hydrogen) atoms. The summed E-state index contributed by atoms with van der Waals surface area (Å²) in [7, 11) is 0. The standard InChI is InChI=1S/C13H25N3/c1-4-13(11-14)16-9-7-15(8-10-16)6-5-12(2)3/h12-13H,4-10H2,1-3H3. The molecule has 0 aromatic heterocycles. The normalized spacial score (nSPS) is 20.9. The summed E-state index contributed by atoms with van der Waals surface area (Å²) in [6.45, 7) is 12.2. The summed E-state index contributed by atoms with van der Waals surface area (Å²) in [5.41, 5.74) is 0. The van der Waals surface area contributed by atoms with Crippen LogP contribution in [0.2, 0.25) is 0 Å². The molecule has 1 aliphatic heterocycles. The van der Waals surface area contributed by atoms with Crippen molar-refractivity contribution in [3.8, 4) is 6.07 Å². The smallest absolute Gasteiger partial charge is 0.0976 e. The topological polar surface area (TPSA) is 30.3 Å². The van der Waals surface area contributed by atoms with Crippen LogP contribution in [0, 0.1) is 17.2 Å². The van der Waals surface area contributed by atoms with Crippen LogP contribution >= 0.6 is 0 Å². The fourth-order valence-electron chi connectivity index (χ4n) is 2.17. The zero-order chi connectivity index (χ0) is 12.0. The van der Waals surface area contributed by atoms with Gasteiger partial charge in [-0.1, -0.05) is 20.8 Å². The van der Waals surface area contributed by atoms with Gasteiger partial charge in [0.05, 0.1) is 12.1 Å². The molecule has 0 amide bonds. The van der Waals surface area contributed by atoms with E-state index in [1.807, 2.05) is 0 Å². The van der Waals surface area contributed by atoms with Crippen LogP contribution in [0.25, 0.3) is 0 Å². The summed E-state index contributed by atoms with van der Waals surface area (Å²) in [6.07, 6.45) is 2.23. The summed E-state index contributed by atoms with van der Waals surface area (Å²) in [5, 5.41) is 9.02. The Kier molecular flexibility index (Phi) is 5.79. The summed E-state index contributed by atoms with van der Waals surface area (Å²) in [5.74, 6) is 0.792. The third-order valence-corrected chi connectivity index (χ3v) is 3.41. The highest BCUT2D eigenvalue weighted by molar-refractivity contribution is 4.92. The minimum Gasteiger partial charge on any atom is -0.301 e. The first-order valence-corrected chi connectivity index (χ1v) is 6.53. The van der Waals surface area contributed by atoms with Crippen LogP contribution < -0.4 is 0 Å². The van der Waals surface area contributed by atoms with Crippen molar-refractivity contribution in [3.05, 3.63) is 0 Å². The number of hydrogen-bond donors (Lipinski definition) is 0. The molecule has 0 radical (unpaired) electrons. The molecule has 0 saturated carbocycles. The second kappa shape index (κ2) is 6.88. The lowest BCUT2D eigenvalue weighted by atomic mass is 10.1. The van der Waals surface area contributed by atoms with Crippen molar-refractivity contribution < 1.29 is 0 Å². The summed E-state index contributed by atoms with van der Waals surface area (Å²) < 4.78 is 0. The van der Waals surface area contributed by atoms with E-state index in [1.165, 1.54) is 13.0 Å². The molecule has 0 bridgehead atoms. The van der Waals surface area contributed by atoms with Gasteiger partial charge in [0.2, 0.25) is 0 Å². The third-order valence-electron chi connectivity index (χ3n) is 3.41. The Bertz CT molecular complexity index is 224. The Hall–Kier alpha value is -0.590. The maximum Gasteiger partial charge on any atom is 0.0976 e. The molecule has 1 rings (SSSR count). The van der Waals surface area contributed by atoms with Crippen LogP contribution in [0.1, 0.15) is 33.6 Å². The van der Waals surface area contributed by atoms with E-state index >= 15 is 0 Å². The molecule has 1 atom stereocenters. The van der Waals surface area contributed by atoms with Gasteiger partial charge in [-0.05, 0) is 25.3 Å². The van der Waals surface area contributed by atoms with Gasteiger partial charge in [-0.3, -0.25) is 4.90 Å². The SMILES string of the molecule is CCC(C#N)N1CCN(CCC(C)C)CC1. The number of hydrogen-bond acceptors (Lipinski definition) is 3. The molecule has 92 valence electrons. The van der Waals surface area contributed by atoms with Crippen molar-refractivity contribution in [2.24, 2.45) is 5.92 Å². The summed E-state index contributed by atoms with van der Waals surface area (Å²) in [6, 6.07) is 2.53. The van der Waals surface area contributed by atoms with Crippen LogP contribution in [-0.4, -0.2) is 48.6 Å². The van der Waals surface area contributed by atoms with Crippen molar-refractivity contribution in [1.29, 1.82) is 5.26 Å². The molecular formula is C13H25N3. The Balaban J connectivity index is 2.26. The largest absolute Gasteiger partial charge is 0.301 e. The maximum atomic E-state index is 9.02. The highest BCUT2D eigenvalue weighted by Gasteiger charge is 2.22. The van der Waals surface area contributed by atoms with Crippen molar-refractivity contribution in [3.63, 3.8) is 0 Å². The Morgan fingerprint density at radius 3 is 2.25 bits per heavy atom. The molecule has 0 spiro atoms. The molecule has 3 heteroatoms. The lowest BCUT2D eigenvalue weighted by Gasteiger charge is -2.36. The second-order valence-electron chi connectivity index (χ2n) is 5.11. The molecule has 1 fully saturated rings. The monoisotopic (exact) mass is 223 g/mol. The van der Waals surface area contributed by atoms with E-state index in [9.17, 15) is 0 Å². The highest BCUT2D eigenvalue weighted by atomic mass is 15.3. The number of piperazine rings is 1. The Labute approximate surface area is 100 Å². The first-order valence-electron chi connectivity index (χ1n) is 6.53. The third kappa shape index (κ3) is 4.11. The van der Waals surface area contributed by atoms with Gasteiger partial charge in [0, 0.05) is 26.2 Å². The maximum absolute atomic E-state index is 9.02. The molecule has 3 nitrogen and oxygen atoms in total. The van der Waals surface area contributed by atoms with Gasteiger partial charge in [0.25, 0.3) is 0 Å². The summed E-state index contributed by atoms with van der Waals surface area (Å²) >= 11 is 0. The van der Waals surface area contributed by atoms with Gasteiger partial charge < -0.3 is 4.90 Å². The predicted octanol–water partition coefficient (Wildman–Crippen LogP) is 1.95. The van der Waals surface area contributed by atoms with E-state index in [-0.39, 0.29) is 6.04 Å². The van der Waals surface area contributed by atoms with Crippen molar-refractivity contribution in [2.75, 3.05) is 32.7 Å². The molecule has 1 heterocycles.